The quantitative estimate of drug-likeness (QED) is 0.641. The number of aliphatic hydroxyl groups excluding tert-OH is 2. The second-order valence-corrected chi connectivity index (χ2v) is 4.20. The molecule has 0 saturated carbocycles. The van der Waals surface area contributed by atoms with Crippen LogP contribution in [0.15, 0.2) is 36.5 Å². The first kappa shape index (κ1) is 13.3. The number of carboxylic acids is 1. The number of rotatable bonds is 5. The molecule has 0 fully saturated rings. The lowest BCUT2D eigenvalue weighted by atomic mass is 10.0. The molecule has 6 heteroatoms. The molecule has 2 aromatic rings. The molecule has 0 aliphatic carbocycles. The fourth-order valence-corrected chi connectivity index (χ4v) is 1.79. The van der Waals surface area contributed by atoms with Gasteiger partial charge in [-0.1, -0.05) is 24.3 Å². The van der Waals surface area contributed by atoms with E-state index in [0.29, 0.717) is 5.56 Å². The van der Waals surface area contributed by atoms with Crippen LogP contribution in [-0.4, -0.2) is 37.6 Å². The van der Waals surface area contributed by atoms with Gasteiger partial charge in [-0.15, -0.1) is 0 Å². The summed E-state index contributed by atoms with van der Waals surface area (Å²) in [5, 5.41) is 34.6. The van der Waals surface area contributed by atoms with Crippen LogP contribution in [0.2, 0.25) is 0 Å². The van der Waals surface area contributed by atoms with E-state index in [1.54, 1.807) is 30.5 Å². The molecule has 0 bridgehead atoms. The van der Waals surface area contributed by atoms with Crippen molar-refractivity contribution in [3.05, 3.63) is 42.1 Å². The van der Waals surface area contributed by atoms with Crippen LogP contribution in [0.1, 0.15) is 18.1 Å². The smallest absolute Gasteiger partial charge is 0.306 e. The van der Waals surface area contributed by atoms with Crippen LogP contribution >= 0.6 is 0 Å². The highest BCUT2D eigenvalue weighted by Gasteiger charge is 2.21. The van der Waals surface area contributed by atoms with Crippen molar-refractivity contribution in [1.82, 2.24) is 10.2 Å². The second-order valence-electron chi connectivity index (χ2n) is 4.20. The average molecular weight is 262 g/mol. The number of carboxylic acid groups (broad SMARTS) is 1. The number of hydrogen-bond acceptors (Lipinski definition) is 4. The number of carbonyl (C=O) groups is 1. The number of aromatic nitrogens is 2. The lowest BCUT2D eigenvalue weighted by molar-refractivity contribution is -0.141. The Kier molecular flexibility index (Phi) is 3.94. The van der Waals surface area contributed by atoms with Gasteiger partial charge in [0.1, 0.15) is 6.10 Å². The van der Waals surface area contributed by atoms with Crippen LogP contribution in [0.4, 0.5) is 0 Å². The number of hydrogen-bond donors (Lipinski definition) is 4. The van der Waals surface area contributed by atoms with E-state index in [2.05, 4.69) is 10.2 Å². The largest absolute Gasteiger partial charge is 0.481 e. The maximum atomic E-state index is 10.5. The van der Waals surface area contributed by atoms with Gasteiger partial charge in [0.2, 0.25) is 0 Å². The summed E-state index contributed by atoms with van der Waals surface area (Å²) in [7, 11) is 0. The second kappa shape index (κ2) is 5.64. The molecule has 2 unspecified atom stereocenters. The van der Waals surface area contributed by atoms with Crippen LogP contribution in [0.25, 0.3) is 11.3 Å². The fourth-order valence-electron chi connectivity index (χ4n) is 1.79. The Morgan fingerprint density at radius 3 is 2.42 bits per heavy atom. The summed E-state index contributed by atoms with van der Waals surface area (Å²) in [6, 6.07) is 8.63. The van der Waals surface area contributed by atoms with Crippen LogP contribution in [0.5, 0.6) is 0 Å². The van der Waals surface area contributed by atoms with Crippen LogP contribution in [0, 0.1) is 0 Å². The highest BCUT2D eigenvalue weighted by molar-refractivity contribution is 5.67. The number of benzene rings is 1. The molecule has 0 amide bonds. The Hall–Kier alpha value is -2.18. The van der Waals surface area contributed by atoms with Gasteiger partial charge in [-0.05, 0) is 17.2 Å². The van der Waals surface area contributed by atoms with E-state index in [1.807, 2.05) is 6.07 Å². The Morgan fingerprint density at radius 1 is 1.21 bits per heavy atom. The predicted octanol–water partition coefficient (Wildman–Crippen LogP) is 0.946. The molecule has 0 saturated heterocycles. The van der Waals surface area contributed by atoms with Gasteiger partial charge in [0.25, 0.3) is 0 Å². The number of aliphatic carboxylic acids is 1. The van der Waals surface area contributed by atoms with Gasteiger partial charge in [-0.2, -0.15) is 5.10 Å². The normalized spacial score (nSPS) is 14.0. The molecule has 0 spiro atoms. The van der Waals surface area contributed by atoms with Crippen LogP contribution in [-0.2, 0) is 4.79 Å². The van der Waals surface area contributed by atoms with Crippen molar-refractivity contribution >= 4 is 5.97 Å². The molecule has 1 aromatic carbocycles. The monoisotopic (exact) mass is 262 g/mol. The van der Waals surface area contributed by atoms with Gasteiger partial charge in [0, 0.05) is 6.20 Å². The summed E-state index contributed by atoms with van der Waals surface area (Å²) in [5.74, 6) is -1.15. The van der Waals surface area contributed by atoms with Crippen molar-refractivity contribution < 1.29 is 20.1 Å². The lowest BCUT2D eigenvalue weighted by Crippen LogP contribution is -2.21. The number of nitrogens with zero attached hydrogens (tertiary/aromatic N) is 1. The van der Waals surface area contributed by atoms with Gasteiger partial charge in [0.05, 0.1) is 18.2 Å². The third-order valence-corrected chi connectivity index (χ3v) is 2.81. The van der Waals surface area contributed by atoms with Crippen LogP contribution < -0.4 is 0 Å². The minimum absolute atomic E-state index is 0.469. The molecule has 1 aromatic heterocycles. The van der Waals surface area contributed by atoms with Crippen molar-refractivity contribution in [1.29, 1.82) is 0 Å². The van der Waals surface area contributed by atoms with Gasteiger partial charge < -0.3 is 15.3 Å². The molecule has 6 nitrogen and oxygen atoms in total. The molecule has 2 rings (SSSR count). The number of nitrogens with one attached hydrogen (secondary N) is 1. The third kappa shape index (κ3) is 3.18. The summed E-state index contributed by atoms with van der Waals surface area (Å²) in [4.78, 5) is 10.5. The van der Waals surface area contributed by atoms with Gasteiger partial charge in [-0.3, -0.25) is 9.89 Å². The standard InChI is InChI=1S/C13H14N2O4/c16-11(7-12(17)18)13(19)9-3-1-8(2-4-9)10-5-6-14-15-10/h1-6,11,13,16,19H,7H2,(H,14,15)(H,17,18). The summed E-state index contributed by atoms with van der Waals surface area (Å²) >= 11 is 0. The zero-order valence-electron chi connectivity index (χ0n) is 10.0. The van der Waals surface area contributed by atoms with E-state index < -0.39 is 24.6 Å². The molecular formula is C13H14N2O4. The van der Waals surface area contributed by atoms with E-state index in [1.165, 1.54) is 0 Å². The minimum atomic E-state index is -1.32. The Bertz CT molecular complexity index is 536. The lowest BCUT2D eigenvalue weighted by Gasteiger charge is -2.16. The number of aliphatic hydroxyl groups is 2. The average Bonchev–Trinajstić information content (AvgIpc) is 2.91. The SMILES string of the molecule is O=C(O)CC(O)C(O)c1ccc(-c2ccn[nH]2)cc1. The maximum absolute atomic E-state index is 10.5. The molecule has 19 heavy (non-hydrogen) atoms. The van der Waals surface area contributed by atoms with Crippen molar-refractivity contribution in [3.63, 3.8) is 0 Å². The first-order valence-electron chi connectivity index (χ1n) is 5.75. The van der Waals surface area contributed by atoms with E-state index in [9.17, 15) is 15.0 Å². The third-order valence-electron chi connectivity index (χ3n) is 2.81. The first-order chi connectivity index (χ1) is 9.08. The molecule has 2 atom stereocenters. The summed E-state index contributed by atoms with van der Waals surface area (Å²) in [5.41, 5.74) is 2.20. The summed E-state index contributed by atoms with van der Waals surface area (Å²) in [6.07, 6.45) is -1.40. The minimum Gasteiger partial charge on any atom is -0.481 e. The molecule has 0 radical (unpaired) electrons. The zero-order chi connectivity index (χ0) is 13.8. The topological polar surface area (TPSA) is 106 Å². The molecular weight excluding hydrogens is 248 g/mol. The van der Waals surface area contributed by atoms with Crippen LogP contribution in [0.3, 0.4) is 0 Å². The van der Waals surface area contributed by atoms with E-state index in [0.717, 1.165) is 11.3 Å². The number of H-pyrrole nitrogens is 1. The number of aromatic amines is 1. The molecule has 0 aliphatic heterocycles. The van der Waals surface area contributed by atoms with Gasteiger partial charge in [-0.25, -0.2) is 0 Å². The van der Waals surface area contributed by atoms with Gasteiger partial charge >= 0.3 is 5.97 Å². The van der Waals surface area contributed by atoms with E-state index in [4.69, 9.17) is 5.11 Å². The molecule has 4 N–H and O–H groups in total. The highest BCUT2D eigenvalue weighted by Crippen LogP contribution is 2.23. The Labute approximate surface area is 109 Å². The van der Waals surface area contributed by atoms with Gasteiger partial charge in [0.15, 0.2) is 0 Å². The van der Waals surface area contributed by atoms with E-state index in [-0.39, 0.29) is 0 Å². The van der Waals surface area contributed by atoms with Crippen molar-refractivity contribution in [3.8, 4) is 11.3 Å². The van der Waals surface area contributed by atoms with Crippen molar-refractivity contribution in [2.24, 2.45) is 0 Å². The molecule has 1 heterocycles. The summed E-state index contributed by atoms with van der Waals surface area (Å²) < 4.78 is 0. The Morgan fingerprint density at radius 2 is 1.89 bits per heavy atom. The molecule has 100 valence electrons. The van der Waals surface area contributed by atoms with Crippen molar-refractivity contribution in [2.45, 2.75) is 18.6 Å². The van der Waals surface area contributed by atoms with Crippen molar-refractivity contribution in [2.75, 3.05) is 0 Å². The van der Waals surface area contributed by atoms with E-state index >= 15 is 0 Å². The fraction of sp³-hybridized carbons (Fsp3) is 0.231. The highest BCUT2D eigenvalue weighted by atomic mass is 16.4. The summed E-state index contributed by atoms with van der Waals surface area (Å²) in [6.45, 7) is 0. The molecule has 0 aliphatic rings. The first-order valence-corrected chi connectivity index (χ1v) is 5.75. The zero-order valence-corrected chi connectivity index (χ0v) is 10.0. The Balaban J connectivity index is 2.12. The maximum Gasteiger partial charge on any atom is 0.306 e. The predicted molar refractivity (Wildman–Crippen MR) is 67.2 cm³/mol.